The fourth-order valence-corrected chi connectivity index (χ4v) is 5.80. The third-order valence-electron chi connectivity index (χ3n) is 4.55. The van der Waals surface area contributed by atoms with Crippen molar-refractivity contribution in [3.63, 3.8) is 0 Å². The molecule has 1 atom stereocenters. The Morgan fingerprint density at radius 1 is 1.32 bits per heavy atom. The van der Waals surface area contributed by atoms with Crippen molar-refractivity contribution < 1.29 is 13.2 Å². The third kappa shape index (κ3) is 4.95. The highest BCUT2D eigenvalue weighted by Crippen LogP contribution is 2.28. The van der Waals surface area contributed by atoms with E-state index in [4.69, 9.17) is 11.6 Å². The Hall–Kier alpha value is -0.670. The molecule has 1 aliphatic heterocycles. The van der Waals surface area contributed by atoms with Crippen LogP contribution in [0.3, 0.4) is 0 Å². The number of halogens is 1. The molecule has 0 radical (unpaired) electrons. The molecule has 2 heterocycles. The Morgan fingerprint density at radius 2 is 1.92 bits per heavy atom. The standard InChI is InChI=1S/C16H26ClN3O3S2/c1-5-16(3,4)18-12(2)15(21)19-8-10-20(11-9-19)25(22,23)14-7-6-13(17)24-14/h6-7,12,18H,5,8-11H2,1-4H3/t12-/m1/s1. The van der Waals surface area contributed by atoms with Gasteiger partial charge in [0.1, 0.15) is 4.21 Å². The number of amides is 1. The molecule has 9 heteroatoms. The van der Waals surface area contributed by atoms with Crippen LogP contribution in [0.25, 0.3) is 0 Å². The summed E-state index contributed by atoms with van der Waals surface area (Å²) in [7, 11) is -3.53. The molecule has 6 nitrogen and oxygen atoms in total. The summed E-state index contributed by atoms with van der Waals surface area (Å²) < 4.78 is 27.3. The highest BCUT2D eigenvalue weighted by molar-refractivity contribution is 7.91. The van der Waals surface area contributed by atoms with Crippen molar-refractivity contribution in [2.24, 2.45) is 0 Å². The van der Waals surface area contributed by atoms with E-state index in [9.17, 15) is 13.2 Å². The van der Waals surface area contributed by atoms with Gasteiger partial charge in [-0.15, -0.1) is 11.3 Å². The van der Waals surface area contributed by atoms with Crippen molar-refractivity contribution in [1.82, 2.24) is 14.5 Å². The average Bonchev–Trinajstić information content (AvgIpc) is 3.01. The van der Waals surface area contributed by atoms with Crippen LogP contribution >= 0.6 is 22.9 Å². The molecular weight excluding hydrogens is 382 g/mol. The molecule has 25 heavy (non-hydrogen) atoms. The van der Waals surface area contributed by atoms with Gasteiger partial charge in [0.05, 0.1) is 10.4 Å². The smallest absolute Gasteiger partial charge is 0.252 e. The van der Waals surface area contributed by atoms with Gasteiger partial charge in [-0.1, -0.05) is 18.5 Å². The van der Waals surface area contributed by atoms with Crippen molar-refractivity contribution in [3.8, 4) is 0 Å². The second-order valence-electron chi connectivity index (χ2n) is 6.89. The van der Waals surface area contributed by atoms with Crippen LogP contribution in [0.4, 0.5) is 0 Å². The van der Waals surface area contributed by atoms with Crippen molar-refractivity contribution in [2.45, 2.75) is 49.9 Å². The summed E-state index contributed by atoms with van der Waals surface area (Å²) in [4.78, 5) is 14.3. The van der Waals surface area contributed by atoms with Gasteiger partial charge in [0.15, 0.2) is 0 Å². The lowest BCUT2D eigenvalue weighted by Gasteiger charge is -2.37. The number of nitrogens with one attached hydrogen (secondary N) is 1. The summed E-state index contributed by atoms with van der Waals surface area (Å²) >= 11 is 6.90. The number of carbonyl (C=O) groups excluding carboxylic acids is 1. The van der Waals surface area contributed by atoms with Crippen LogP contribution in [0.2, 0.25) is 4.34 Å². The molecule has 0 aliphatic carbocycles. The highest BCUT2D eigenvalue weighted by Gasteiger charge is 2.33. The molecular formula is C16H26ClN3O3S2. The van der Waals surface area contributed by atoms with E-state index in [1.165, 1.54) is 10.4 Å². The molecule has 0 unspecified atom stereocenters. The first kappa shape index (κ1) is 20.6. The van der Waals surface area contributed by atoms with Crippen molar-refractivity contribution in [1.29, 1.82) is 0 Å². The van der Waals surface area contributed by atoms with E-state index in [1.807, 2.05) is 6.92 Å². The van der Waals surface area contributed by atoms with Crippen molar-refractivity contribution in [3.05, 3.63) is 16.5 Å². The van der Waals surface area contributed by atoms with Crippen LogP contribution in [0.15, 0.2) is 16.3 Å². The van der Waals surface area contributed by atoms with Crippen LogP contribution < -0.4 is 5.32 Å². The van der Waals surface area contributed by atoms with Gasteiger partial charge in [-0.25, -0.2) is 8.42 Å². The largest absolute Gasteiger partial charge is 0.339 e. The zero-order chi connectivity index (χ0) is 18.8. The normalized spacial score (nSPS) is 18.4. The molecule has 1 amide bonds. The lowest BCUT2D eigenvalue weighted by molar-refractivity contribution is -0.134. The Balaban J connectivity index is 1.96. The van der Waals surface area contributed by atoms with Gasteiger partial charge in [-0.3, -0.25) is 4.79 Å². The van der Waals surface area contributed by atoms with Gasteiger partial charge in [0, 0.05) is 31.7 Å². The summed E-state index contributed by atoms with van der Waals surface area (Å²) in [5, 5.41) is 3.34. The van der Waals surface area contributed by atoms with Crippen LogP contribution in [0.5, 0.6) is 0 Å². The zero-order valence-electron chi connectivity index (χ0n) is 15.1. The highest BCUT2D eigenvalue weighted by atomic mass is 35.5. The fourth-order valence-electron chi connectivity index (χ4n) is 2.74. The molecule has 2 rings (SSSR count). The third-order valence-corrected chi connectivity index (χ3v) is 8.15. The molecule has 1 aliphatic rings. The number of rotatable bonds is 6. The van der Waals surface area contributed by atoms with Crippen molar-refractivity contribution in [2.75, 3.05) is 26.2 Å². The van der Waals surface area contributed by atoms with Gasteiger partial charge in [-0.2, -0.15) is 4.31 Å². The van der Waals surface area contributed by atoms with E-state index in [1.54, 1.807) is 11.0 Å². The maximum atomic E-state index is 12.6. The molecule has 1 N–H and O–H groups in total. The maximum Gasteiger partial charge on any atom is 0.252 e. The minimum absolute atomic E-state index is 0.0118. The first-order chi connectivity index (χ1) is 11.6. The van der Waals surface area contributed by atoms with Gasteiger partial charge >= 0.3 is 0 Å². The molecule has 1 aromatic heterocycles. The minimum Gasteiger partial charge on any atom is -0.339 e. The second kappa shape index (κ2) is 7.92. The van der Waals surface area contributed by atoms with Gasteiger partial charge in [0.25, 0.3) is 10.0 Å². The fraction of sp³-hybridized carbons (Fsp3) is 0.688. The van der Waals surface area contributed by atoms with E-state index in [0.29, 0.717) is 30.5 Å². The molecule has 1 saturated heterocycles. The lowest BCUT2D eigenvalue weighted by Crippen LogP contribution is -2.57. The van der Waals surface area contributed by atoms with Crippen LogP contribution in [0.1, 0.15) is 34.1 Å². The Kier molecular flexibility index (Phi) is 6.54. The lowest BCUT2D eigenvalue weighted by atomic mass is 10.0. The number of hydrogen-bond donors (Lipinski definition) is 1. The van der Waals surface area contributed by atoms with E-state index < -0.39 is 10.0 Å². The van der Waals surface area contributed by atoms with E-state index in [2.05, 4.69) is 26.1 Å². The van der Waals surface area contributed by atoms with E-state index in [-0.39, 0.29) is 21.7 Å². The molecule has 1 aromatic rings. The number of thiophene rings is 1. The molecule has 0 spiro atoms. The Labute approximate surface area is 159 Å². The van der Waals surface area contributed by atoms with E-state index in [0.717, 1.165) is 17.8 Å². The summed E-state index contributed by atoms with van der Waals surface area (Å²) in [5.74, 6) is 0.0118. The van der Waals surface area contributed by atoms with Gasteiger partial charge in [-0.05, 0) is 39.3 Å². The first-order valence-electron chi connectivity index (χ1n) is 8.39. The Bertz CT molecular complexity index is 710. The van der Waals surface area contributed by atoms with Crippen molar-refractivity contribution >= 4 is 38.9 Å². The number of nitrogens with zero attached hydrogens (tertiary/aromatic N) is 2. The number of carbonyl (C=O) groups is 1. The summed E-state index contributed by atoms with van der Waals surface area (Å²) in [6, 6.07) is 2.81. The minimum atomic E-state index is -3.53. The summed E-state index contributed by atoms with van der Waals surface area (Å²) in [6.45, 7) is 9.45. The quantitative estimate of drug-likeness (QED) is 0.786. The van der Waals surface area contributed by atoms with Gasteiger partial charge < -0.3 is 10.2 Å². The van der Waals surface area contributed by atoms with Gasteiger partial charge in [0.2, 0.25) is 5.91 Å². The zero-order valence-corrected chi connectivity index (χ0v) is 17.5. The predicted molar refractivity (Wildman–Crippen MR) is 102 cm³/mol. The summed E-state index contributed by atoms with van der Waals surface area (Å²) in [5.41, 5.74) is -0.112. The van der Waals surface area contributed by atoms with E-state index >= 15 is 0 Å². The summed E-state index contributed by atoms with van der Waals surface area (Å²) in [6.07, 6.45) is 0.917. The van der Waals surface area contributed by atoms with Crippen LogP contribution in [-0.2, 0) is 14.8 Å². The number of piperazine rings is 1. The SMILES string of the molecule is CCC(C)(C)N[C@H](C)C(=O)N1CCN(S(=O)(=O)c2ccc(Cl)s2)CC1. The molecule has 0 aromatic carbocycles. The molecule has 142 valence electrons. The molecule has 0 saturated carbocycles. The van der Waals surface area contributed by atoms with Crippen LogP contribution in [0, 0.1) is 0 Å². The second-order valence-corrected chi connectivity index (χ2v) is 10.8. The average molecular weight is 408 g/mol. The topological polar surface area (TPSA) is 69.7 Å². The number of sulfonamides is 1. The molecule has 0 bridgehead atoms. The monoisotopic (exact) mass is 407 g/mol. The van der Waals surface area contributed by atoms with Crippen LogP contribution in [-0.4, -0.2) is 61.3 Å². The maximum absolute atomic E-state index is 12.6. The molecule has 1 fully saturated rings. The number of hydrogen-bond acceptors (Lipinski definition) is 5. The predicted octanol–water partition coefficient (Wildman–Crippen LogP) is 2.40. The Morgan fingerprint density at radius 3 is 2.40 bits per heavy atom. The first-order valence-corrected chi connectivity index (χ1v) is 11.0.